The number of methoxy groups -OCH3 is 2. The molecule has 0 spiro atoms. The Kier molecular flexibility index (Phi) is 11.6. The first-order chi connectivity index (χ1) is 20.1. The van der Waals surface area contributed by atoms with Gasteiger partial charge in [0.25, 0.3) is 10.0 Å². The summed E-state index contributed by atoms with van der Waals surface area (Å²) in [6.07, 6.45) is 1.01. The number of rotatable bonds is 14. The molecule has 0 aliphatic carbocycles. The van der Waals surface area contributed by atoms with E-state index in [1.165, 1.54) is 43.4 Å². The van der Waals surface area contributed by atoms with Gasteiger partial charge >= 0.3 is 0 Å². The third-order valence-corrected chi connectivity index (χ3v) is 9.11. The van der Waals surface area contributed by atoms with Crippen molar-refractivity contribution >= 4 is 39.1 Å². The normalized spacial score (nSPS) is 12.6. The lowest BCUT2D eigenvalue weighted by molar-refractivity contribution is -0.140. The molecule has 0 aliphatic rings. The van der Waals surface area contributed by atoms with Crippen molar-refractivity contribution in [3.05, 3.63) is 83.4 Å². The molecule has 2 amide bonds. The first-order valence-corrected chi connectivity index (χ1v) is 15.5. The Morgan fingerprint density at radius 3 is 2.14 bits per heavy atom. The molecule has 0 unspecified atom stereocenters. The molecule has 0 saturated heterocycles. The summed E-state index contributed by atoms with van der Waals surface area (Å²) in [7, 11) is -1.36. The SMILES string of the molecule is CC[C@H](C)NC(=O)[C@H](CC)N(Cc1ccccc1Cl)C(=O)CN(c1ccccc1OC)S(=O)(=O)c1ccc(OC)cc1. The van der Waals surface area contributed by atoms with Gasteiger partial charge < -0.3 is 19.7 Å². The number of hydrogen-bond donors (Lipinski definition) is 1. The molecule has 0 radical (unpaired) electrons. The standard InChI is InChI=1S/C31H38ClN3O6S/c1-6-22(3)33-31(37)27(7-2)34(20-23-12-8-9-13-26(23)32)30(36)21-35(28-14-10-11-15-29(28)41-5)42(38,39)25-18-16-24(40-4)17-19-25/h8-19,22,27H,6-7,20-21H2,1-5H3,(H,33,37)/t22-,27-/m0/s1. The number of benzene rings is 3. The maximum absolute atomic E-state index is 14.2. The molecule has 2 atom stereocenters. The van der Waals surface area contributed by atoms with Gasteiger partial charge in [-0.05, 0) is 67.8 Å². The summed E-state index contributed by atoms with van der Waals surface area (Å²) in [5.74, 6) is -0.155. The maximum atomic E-state index is 14.2. The van der Waals surface area contributed by atoms with Crippen molar-refractivity contribution in [2.45, 2.75) is 57.1 Å². The third kappa shape index (κ3) is 7.74. The van der Waals surface area contributed by atoms with E-state index in [0.29, 0.717) is 29.2 Å². The van der Waals surface area contributed by atoms with E-state index in [-0.39, 0.29) is 34.8 Å². The van der Waals surface area contributed by atoms with Gasteiger partial charge in [-0.15, -0.1) is 0 Å². The van der Waals surface area contributed by atoms with Crippen LogP contribution >= 0.6 is 11.6 Å². The van der Waals surface area contributed by atoms with E-state index in [0.717, 1.165) is 4.31 Å². The van der Waals surface area contributed by atoms with Crippen LogP contribution in [0.25, 0.3) is 0 Å². The summed E-state index contributed by atoms with van der Waals surface area (Å²) >= 11 is 6.45. The van der Waals surface area contributed by atoms with Crippen LogP contribution in [0.2, 0.25) is 5.02 Å². The van der Waals surface area contributed by atoms with Gasteiger partial charge in [-0.2, -0.15) is 0 Å². The summed E-state index contributed by atoms with van der Waals surface area (Å²) in [5, 5.41) is 3.39. The maximum Gasteiger partial charge on any atom is 0.264 e. The molecule has 0 fully saturated rings. The number of sulfonamides is 1. The number of halogens is 1. The molecule has 1 N–H and O–H groups in total. The van der Waals surface area contributed by atoms with Crippen molar-refractivity contribution in [2.24, 2.45) is 0 Å². The lowest BCUT2D eigenvalue weighted by atomic mass is 10.1. The Labute approximate surface area is 253 Å². The first-order valence-electron chi connectivity index (χ1n) is 13.7. The quantitative estimate of drug-likeness (QED) is 0.265. The van der Waals surface area contributed by atoms with Crippen molar-refractivity contribution in [3.63, 3.8) is 0 Å². The molecule has 0 aliphatic heterocycles. The highest BCUT2D eigenvalue weighted by atomic mass is 35.5. The lowest BCUT2D eigenvalue weighted by Gasteiger charge is -2.34. The number of carbonyl (C=O) groups is 2. The highest BCUT2D eigenvalue weighted by molar-refractivity contribution is 7.92. The molecule has 0 bridgehead atoms. The molecule has 226 valence electrons. The summed E-state index contributed by atoms with van der Waals surface area (Å²) in [4.78, 5) is 29.0. The highest BCUT2D eigenvalue weighted by Gasteiger charge is 2.35. The predicted molar refractivity (Wildman–Crippen MR) is 164 cm³/mol. The molecule has 0 heterocycles. The van der Waals surface area contributed by atoms with E-state index in [4.69, 9.17) is 21.1 Å². The van der Waals surface area contributed by atoms with Crippen molar-refractivity contribution in [1.29, 1.82) is 0 Å². The van der Waals surface area contributed by atoms with Crippen LogP contribution in [0.4, 0.5) is 5.69 Å². The van der Waals surface area contributed by atoms with Crippen LogP contribution in [0.15, 0.2) is 77.7 Å². The van der Waals surface area contributed by atoms with Crippen molar-refractivity contribution < 1.29 is 27.5 Å². The molecule has 0 saturated carbocycles. The average molecular weight is 616 g/mol. The van der Waals surface area contributed by atoms with Crippen LogP contribution in [0.1, 0.15) is 39.2 Å². The van der Waals surface area contributed by atoms with E-state index in [1.54, 1.807) is 55.5 Å². The van der Waals surface area contributed by atoms with Gasteiger partial charge in [-0.25, -0.2) is 8.42 Å². The second-order valence-electron chi connectivity index (χ2n) is 9.71. The van der Waals surface area contributed by atoms with E-state index in [9.17, 15) is 18.0 Å². The zero-order chi connectivity index (χ0) is 30.9. The predicted octanol–water partition coefficient (Wildman–Crippen LogP) is 5.27. The van der Waals surface area contributed by atoms with E-state index in [2.05, 4.69) is 5.32 Å². The number of anilines is 1. The second kappa shape index (κ2) is 14.9. The van der Waals surface area contributed by atoms with Crippen LogP contribution in [-0.4, -0.2) is 58.0 Å². The Morgan fingerprint density at radius 2 is 1.55 bits per heavy atom. The topological polar surface area (TPSA) is 105 Å². The molecular formula is C31H38ClN3O6S. The van der Waals surface area contributed by atoms with Gasteiger partial charge in [-0.1, -0.05) is 55.8 Å². The first kappa shape index (κ1) is 32.8. The van der Waals surface area contributed by atoms with Crippen molar-refractivity contribution in [2.75, 3.05) is 25.1 Å². The summed E-state index contributed by atoms with van der Waals surface area (Å²) in [6.45, 7) is 5.06. The number of nitrogens with zero attached hydrogens (tertiary/aromatic N) is 2. The number of carbonyl (C=O) groups excluding carboxylic acids is 2. The molecule has 3 aromatic carbocycles. The van der Waals surface area contributed by atoms with Gasteiger partial charge in [0.1, 0.15) is 24.1 Å². The number of nitrogens with one attached hydrogen (secondary N) is 1. The molecule has 3 rings (SSSR count). The van der Waals surface area contributed by atoms with Gasteiger partial charge in [0.05, 0.1) is 24.8 Å². The Hall–Kier alpha value is -3.76. The summed E-state index contributed by atoms with van der Waals surface area (Å²) in [6, 6.07) is 18.5. The highest BCUT2D eigenvalue weighted by Crippen LogP contribution is 2.33. The Balaban J connectivity index is 2.11. The monoisotopic (exact) mass is 615 g/mol. The third-order valence-electron chi connectivity index (χ3n) is 6.97. The van der Waals surface area contributed by atoms with Gasteiger partial charge in [0, 0.05) is 17.6 Å². The molecule has 42 heavy (non-hydrogen) atoms. The lowest BCUT2D eigenvalue weighted by Crippen LogP contribution is -2.53. The van der Waals surface area contributed by atoms with Gasteiger partial charge in [0.15, 0.2) is 0 Å². The van der Waals surface area contributed by atoms with Crippen LogP contribution in [0, 0.1) is 0 Å². The van der Waals surface area contributed by atoms with Crippen molar-refractivity contribution in [3.8, 4) is 11.5 Å². The fraction of sp³-hybridized carbons (Fsp3) is 0.355. The fourth-order valence-electron chi connectivity index (χ4n) is 4.39. The van der Waals surface area contributed by atoms with E-state index in [1.807, 2.05) is 13.8 Å². The Bertz CT molecular complexity index is 1470. The van der Waals surface area contributed by atoms with E-state index >= 15 is 0 Å². The fourth-order valence-corrected chi connectivity index (χ4v) is 6.01. The molecule has 11 heteroatoms. The van der Waals surface area contributed by atoms with Crippen molar-refractivity contribution in [1.82, 2.24) is 10.2 Å². The average Bonchev–Trinajstić information content (AvgIpc) is 3.00. The number of amides is 2. The minimum atomic E-state index is -4.27. The molecule has 3 aromatic rings. The second-order valence-corrected chi connectivity index (χ2v) is 12.0. The summed E-state index contributed by atoms with van der Waals surface area (Å²) in [5.41, 5.74) is 0.808. The zero-order valence-corrected chi connectivity index (χ0v) is 26.1. The van der Waals surface area contributed by atoms with Crippen LogP contribution < -0.4 is 19.1 Å². The molecule has 9 nitrogen and oxygen atoms in total. The minimum absolute atomic E-state index is 0.00723. The smallest absolute Gasteiger partial charge is 0.264 e. The van der Waals surface area contributed by atoms with Crippen LogP contribution in [0.5, 0.6) is 11.5 Å². The number of para-hydroxylation sites is 2. The van der Waals surface area contributed by atoms with E-state index < -0.39 is 28.5 Å². The number of ether oxygens (including phenoxy) is 2. The summed E-state index contributed by atoms with van der Waals surface area (Å²) < 4.78 is 39.8. The largest absolute Gasteiger partial charge is 0.497 e. The zero-order valence-electron chi connectivity index (χ0n) is 24.5. The van der Waals surface area contributed by atoms with Crippen LogP contribution in [-0.2, 0) is 26.2 Å². The Morgan fingerprint density at radius 1 is 0.905 bits per heavy atom. The van der Waals surface area contributed by atoms with Crippen LogP contribution in [0.3, 0.4) is 0 Å². The molecule has 0 aromatic heterocycles. The van der Waals surface area contributed by atoms with Gasteiger partial charge in [0.2, 0.25) is 11.8 Å². The minimum Gasteiger partial charge on any atom is -0.497 e. The molecular weight excluding hydrogens is 578 g/mol. The number of hydrogen-bond acceptors (Lipinski definition) is 6. The van der Waals surface area contributed by atoms with Gasteiger partial charge in [-0.3, -0.25) is 13.9 Å².